The number of nitrogens with one attached hydrogen (secondary N) is 1. The van der Waals surface area contributed by atoms with Gasteiger partial charge in [0.15, 0.2) is 0 Å². The van der Waals surface area contributed by atoms with Crippen LogP contribution in [-0.4, -0.2) is 35.4 Å². The number of rotatable bonds is 4. The van der Waals surface area contributed by atoms with E-state index in [0.717, 1.165) is 37.0 Å². The molecule has 148 valence electrons. The maximum atomic E-state index is 12.1. The first kappa shape index (κ1) is 16.8. The van der Waals surface area contributed by atoms with Gasteiger partial charge in [0.1, 0.15) is 11.8 Å². The van der Waals surface area contributed by atoms with Crippen LogP contribution in [0.4, 0.5) is 11.5 Å². The van der Waals surface area contributed by atoms with Crippen LogP contribution in [0, 0.1) is 27.9 Å². The van der Waals surface area contributed by atoms with E-state index in [1.54, 1.807) is 0 Å². The van der Waals surface area contributed by atoms with Gasteiger partial charge in [0.05, 0.1) is 10.4 Å². The van der Waals surface area contributed by atoms with Crippen molar-refractivity contribution in [3.8, 4) is 5.82 Å². The maximum absolute atomic E-state index is 12.1. The third-order valence-electron chi connectivity index (χ3n) is 6.96. The Kier molecular flexibility index (Phi) is 3.45. The molecule has 0 unspecified atom stereocenters. The smallest absolute Gasteiger partial charge is 0.355 e. The van der Waals surface area contributed by atoms with E-state index in [0.29, 0.717) is 16.9 Å². The molecule has 0 radical (unpaired) electrons. The number of nitrogens with zero attached hydrogens (tertiary/aromatic N) is 6. The van der Waals surface area contributed by atoms with E-state index in [2.05, 4.69) is 25.6 Å². The van der Waals surface area contributed by atoms with E-state index in [1.165, 1.54) is 30.3 Å². The second kappa shape index (κ2) is 5.95. The van der Waals surface area contributed by atoms with Crippen LogP contribution in [0.15, 0.2) is 30.6 Å². The van der Waals surface area contributed by atoms with E-state index >= 15 is 0 Å². The summed E-state index contributed by atoms with van der Waals surface area (Å²) >= 11 is 0. The Morgan fingerprint density at radius 3 is 2.45 bits per heavy atom. The van der Waals surface area contributed by atoms with Crippen molar-refractivity contribution in [3.63, 3.8) is 0 Å². The zero-order valence-electron chi connectivity index (χ0n) is 15.9. The van der Waals surface area contributed by atoms with Crippen molar-refractivity contribution >= 4 is 22.5 Å². The van der Waals surface area contributed by atoms with Gasteiger partial charge in [0.25, 0.3) is 0 Å². The van der Waals surface area contributed by atoms with Crippen LogP contribution in [0.5, 0.6) is 0 Å². The lowest BCUT2D eigenvalue weighted by molar-refractivity contribution is -0.384. The van der Waals surface area contributed by atoms with Crippen LogP contribution in [0.2, 0.25) is 0 Å². The lowest BCUT2D eigenvalue weighted by atomic mass is 9.53. The Balaban J connectivity index is 1.45. The molecule has 2 heterocycles. The van der Waals surface area contributed by atoms with Gasteiger partial charge in [-0.15, -0.1) is 5.10 Å². The standard InChI is InChI=1S/C20H21N7O2/c28-27(29)17-18(23-20-8-12-5-13(9-20)7-14(6-12)10-20)21-11-22-19(17)26-16-4-2-1-3-15(16)24-25-26/h1-4,11-14H,5-10H2,(H,21,22,23). The molecule has 9 nitrogen and oxygen atoms in total. The Bertz CT molecular complexity index is 1090. The number of nitro groups is 1. The van der Waals surface area contributed by atoms with Crippen molar-refractivity contribution in [2.24, 2.45) is 17.8 Å². The van der Waals surface area contributed by atoms with Crippen molar-refractivity contribution in [3.05, 3.63) is 40.7 Å². The summed E-state index contributed by atoms with van der Waals surface area (Å²) in [4.78, 5) is 20.2. The minimum absolute atomic E-state index is 0.0877. The predicted molar refractivity (Wildman–Crippen MR) is 106 cm³/mol. The van der Waals surface area contributed by atoms with Gasteiger partial charge in [-0.3, -0.25) is 10.1 Å². The summed E-state index contributed by atoms with van der Waals surface area (Å²) in [5, 5.41) is 23.9. The summed E-state index contributed by atoms with van der Waals surface area (Å²) < 4.78 is 1.43. The van der Waals surface area contributed by atoms with E-state index in [1.807, 2.05) is 24.3 Å². The average molecular weight is 391 g/mol. The SMILES string of the molecule is O=[N+]([O-])c1c(NC23CC4CC(CC(C4)C2)C3)ncnc1-n1nnc2ccccc21. The fourth-order valence-electron chi connectivity index (χ4n) is 6.32. The van der Waals surface area contributed by atoms with Crippen molar-refractivity contribution in [2.75, 3.05) is 5.32 Å². The highest BCUT2D eigenvalue weighted by atomic mass is 16.6. The molecule has 2 aromatic heterocycles. The summed E-state index contributed by atoms with van der Waals surface area (Å²) in [5.74, 6) is 2.63. The molecule has 0 saturated heterocycles. The lowest BCUT2D eigenvalue weighted by Gasteiger charge is -2.57. The molecule has 1 N–H and O–H groups in total. The van der Waals surface area contributed by atoms with Crippen molar-refractivity contribution in [1.82, 2.24) is 25.0 Å². The third kappa shape index (κ3) is 2.60. The largest absolute Gasteiger partial charge is 0.359 e. The van der Waals surface area contributed by atoms with Gasteiger partial charge in [0, 0.05) is 5.54 Å². The number of benzene rings is 1. The highest BCUT2D eigenvalue weighted by molar-refractivity contribution is 5.77. The van der Waals surface area contributed by atoms with Crippen LogP contribution in [0.25, 0.3) is 16.9 Å². The normalized spacial score (nSPS) is 30.0. The van der Waals surface area contributed by atoms with Gasteiger partial charge >= 0.3 is 5.69 Å². The number of aromatic nitrogens is 5. The Hall–Kier alpha value is -3.10. The predicted octanol–water partition coefficient (Wildman–Crippen LogP) is 3.50. The van der Waals surface area contributed by atoms with Gasteiger partial charge in [-0.25, -0.2) is 9.97 Å². The molecule has 0 spiro atoms. The summed E-state index contributed by atoms with van der Waals surface area (Å²) in [6.45, 7) is 0. The number of anilines is 1. The second-order valence-corrected chi connectivity index (χ2v) is 8.96. The summed E-state index contributed by atoms with van der Waals surface area (Å²) in [5.41, 5.74) is 1.11. The van der Waals surface area contributed by atoms with Crippen LogP contribution in [0.3, 0.4) is 0 Å². The van der Waals surface area contributed by atoms with Crippen molar-refractivity contribution in [1.29, 1.82) is 0 Å². The minimum Gasteiger partial charge on any atom is -0.359 e. The first-order chi connectivity index (χ1) is 14.1. The molecule has 4 bridgehead atoms. The van der Waals surface area contributed by atoms with Crippen LogP contribution < -0.4 is 5.32 Å². The quantitative estimate of drug-likeness (QED) is 0.535. The molecule has 3 aromatic rings. The first-order valence-corrected chi connectivity index (χ1v) is 10.2. The molecule has 4 saturated carbocycles. The molecule has 0 aliphatic heterocycles. The summed E-state index contributed by atoms with van der Waals surface area (Å²) in [6, 6.07) is 7.35. The zero-order chi connectivity index (χ0) is 19.6. The molecule has 9 heteroatoms. The highest BCUT2D eigenvalue weighted by Gasteiger charge is 2.51. The maximum Gasteiger partial charge on any atom is 0.355 e. The average Bonchev–Trinajstić information content (AvgIpc) is 3.10. The Morgan fingerprint density at radius 2 is 1.76 bits per heavy atom. The molecule has 0 amide bonds. The minimum atomic E-state index is -0.408. The molecular weight excluding hydrogens is 370 g/mol. The highest BCUT2D eigenvalue weighted by Crippen LogP contribution is 2.56. The monoisotopic (exact) mass is 391 g/mol. The molecule has 4 fully saturated rings. The molecule has 1 aromatic carbocycles. The Morgan fingerprint density at radius 1 is 1.07 bits per heavy atom. The van der Waals surface area contributed by atoms with E-state index in [4.69, 9.17) is 0 Å². The molecule has 29 heavy (non-hydrogen) atoms. The molecule has 0 atom stereocenters. The van der Waals surface area contributed by atoms with Crippen molar-refractivity contribution in [2.45, 2.75) is 44.1 Å². The second-order valence-electron chi connectivity index (χ2n) is 8.96. The molecule has 4 aliphatic rings. The van der Waals surface area contributed by atoms with E-state index in [-0.39, 0.29) is 17.0 Å². The van der Waals surface area contributed by atoms with Crippen LogP contribution in [0.1, 0.15) is 38.5 Å². The molecule has 4 aliphatic carbocycles. The summed E-state index contributed by atoms with van der Waals surface area (Å²) in [6.07, 6.45) is 8.52. The fourth-order valence-corrected chi connectivity index (χ4v) is 6.32. The topological polar surface area (TPSA) is 112 Å². The van der Waals surface area contributed by atoms with Gasteiger partial charge in [-0.1, -0.05) is 17.3 Å². The molecular formula is C20H21N7O2. The number of hydrogen-bond donors (Lipinski definition) is 1. The van der Waals surface area contributed by atoms with Crippen molar-refractivity contribution < 1.29 is 4.92 Å². The van der Waals surface area contributed by atoms with Gasteiger partial charge < -0.3 is 5.32 Å². The first-order valence-electron chi connectivity index (χ1n) is 10.2. The third-order valence-corrected chi connectivity index (χ3v) is 6.96. The number of hydrogen-bond acceptors (Lipinski definition) is 7. The molecule has 7 rings (SSSR count). The van der Waals surface area contributed by atoms with Gasteiger partial charge in [-0.05, 0) is 68.4 Å². The summed E-state index contributed by atoms with van der Waals surface area (Å²) in [7, 11) is 0. The van der Waals surface area contributed by atoms with Crippen LogP contribution >= 0.6 is 0 Å². The lowest BCUT2D eigenvalue weighted by Crippen LogP contribution is -2.55. The van der Waals surface area contributed by atoms with Crippen LogP contribution in [-0.2, 0) is 0 Å². The van der Waals surface area contributed by atoms with Gasteiger partial charge in [0.2, 0.25) is 11.6 Å². The van der Waals surface area contributed by atoms with E-state index in [9.17, 15) is 10.1 Å². The Labute approximate surface area is 166 Å². The fraction of sp³-hybridized carbons (Fsp3) is 0.500. The zero-order valence-corrected chi connectivity index (χ0v) is 15.9. The number of fused-ring (bicyclic) bond motifs is 1. The number of para-hydroxylation sites is 1. The van der Waals surface area contributed by atoms with Gasteiger partial charge in [-0.2, -0.15) is 4.68 Å². The van der Waals surface area contributed by atoms with E-state index < -0.39 is 4.92 Å².